The van der Waals surface area contributed by atoms with E-state index in [1.165, 1.54) is 21.9 Å². The van der Waals surface area contributed by atoms with Gasteiger partial charge in [-0.15, -0.1) is 0 Å². The molecule has 4 aromatic carbocycles. The zero-order chi connectivity index (χ0) is 20.1. The van der Waals surface area contributed by atoms with Crippen LogP contribution in [0.3, 0.4) is 0 Å². The Bertz CT molecular complexity index is 1550. The van der Waals surface area contributed by atoms with Gasteiger partial charge in [-0.05, 0) is 46.2 Å². The van der Waals surface area contributed by atoms with Crippen molar-refractivity contribution in [1.82, 2.24) is 0 Å². The second kappa shape index (κ2) is 6.81. The Morgan fingerprint density at radius 2 is 1.63 bits per heavy atom. The molecule has 0 amide bonds. The SMILES string of the molecule is Brc1ccc(-c2cccc3oc4cc(C5=CC=[C+]C=C5)ccc4c23)c2ccccc12. The van der Waals surface area contributed by atoms with Crippen molar-refractivity contribution in [2.45, 2.75) is 0 Å². The average Bonchev–Trinajstić information content (AvgIpc) is 3.18. The normalized spacial score (nSPS) is 13.2. The van der Waals surface area contributed by atoms with Gasteiger partial charge in [-0.1, -0.05) is 64.5 Å². The molecule has 0 spiro atoms. The number of fused-ring (bicyclic) bond motifs is 4. The third-order valence-electron chi connectivity index (χ3n) is 5.71. The van der Waals surface area contributed by atoms with Crippen LogP contribution in [-0.2, 0) is 0 Å². The van der Waals surface area contributed by atoms with E-state index in [-0.39, 0.29) is 0 Å². The smallest absolute Gasteiger partial charge is 0.136 e. The van der Waals surface area contributed by atoms with E-state index in [4.69, 9.17) is 4.42 Å². The predicted molar refractivity (Wildman–Crippen MR) is 129 cm³/mol. The molecule has 1 heterocycles. The summed E-state index contributed by atoms with van der Waals surface area (Å²) >= 11 is 3.69. The highest BCUT2D eigenvalue weighted by Crippen LogP contribution is 2.41. The molecule has 0 saturated heterocycles. The van der Waals surface area contributed by atoms with Crippen LogP contribution in [0.1, 0.15) is 5.56 Å². The molecule has 0 atom stereocenters. The van der Waals surface area contributed by atoms with Gasteiger partial charge in [-0.3, -0.25) is 0 Å². The van der Waals surface area contributed by atoms with Gasteiger partial charge in [0.2, 0.25) is 0 Å². The van der Waals surface area contributed by atoms with Gasteiger partial charge in [-0.2, -0.15) is 0 Å². The maximum Gasteiger partial charge on any atom is 0.136 e. The van der Waals surface area contributed by atoms with Crippen LogP contribution >= 0.6 is 15.9 Å². The Morgan fingerprint density at radius 1 is 0.733 bits per heavy atom. The lowest BCUT2D eigenvalue weighted by atomic mass is 9.94. The molecular formula is C28H16BrO+. The van der Waals surface area contributed by atoms with Gasteiger partial charge in [-0.25, -0.2) is 0 Å². The van der Waals surface area contributed by atoms with Crippen molar-refractivity contribution in [3.63, 3.8) is 0 Å². The Balaban J connectivity index is 1.63. The molecule has 1 aliphatic rings. The maximum atomic E-state index is 6.30. The molecule has 1 aliphatic carbocycles. The first kappa shape index (κ1) is 17.4. The van der Waals surface area contributed by atoms with Crippen molar-refractivity contribution >= 4 is 54.2 Å². The molecule has 0 radical (unpaired) electrons. The summed E-state index contributed by atoms with van der Waals surface area (Å²) in [5.74, 6) is 0. The molecule has 2 heteroatoms. The van der Waals surface area contributed by atoms with Crippen LogP contribution in [0.15, 0.2) is 106 Å². The van der Waals surface area contributed by atoms with Crippen molar-refractivity contribution in [3.8, 4) is 11.1 Å². The summed E-state index contributed by atoms with van der Waals surface area (Å²) < 4.78 is 7.40. The Kier molecular flexibility index (Phi) is 3.95. The number of halogens is 1. The van der Waals surface area contributed by atoms with Gasteiger partial charge in [0, 0.05) is 26.9 Å². The monoisotopic (exact) mass is 447 g/mol. The lowest BCUT2D eigenvalue weighted by molar-refractivity contribution is 0.669. The van der Waals surface area contributed by atoms with E-state index in [0.717, 1.165) is 37.5 Å². The first-order chi connectivity index (χ1) is 14.8. The van der Waals surface area contributed by atoms with E-state index in [9.17, 15) is 0 Å². The molecule has 0 saturated carbocycles. The van der Waals surface area contributed by atoms with E-state index < -0.39 is 0 Å². The molecule has 0 aliphatic heterocycles. The second-order valence-corrected chi connectivity index (χ2v) is 8.28. The number of hydrogen-bond donors (Lipinski definition) is 0. The number of hydrogen-bond acceptors (Lipinski definition) is 1. The Labute approximate surface area is 182 Å². The second-order valence-electron chi connectivity index (χ2n) is 7.42. The van der Waals surface area contributed by atoms with E-state index >= 15 is 0 Å². The first-order valence-corrected chi connectivity index (χ1v) is 10.7. The highest BCUT2D eigenvalue weighted by atomic mass is 79.9. The standard InChI is InChI=1S/C28H16BrO/c29-25-16-15-21(20-9-4-5-10-22(20)25)23-11-6-12-26-28(23)24-14-13-19(17-27(24)30-26)18-7-2-1-3-8-18/h2-17H/q+1. The third kappa shape index (κ3) is 2.66. The summed E-state index contributed by atoms with van der Waals surface area (Å²) in [6, 6.07) is 25.6. The molecular weight excluding hydrogens is 432 g/mol. The van der Waals surface area contributed by atoms with Crippen LogP contribution in [0.5, 0.6) is 0 Å². The van der Waals surface area contributed by atoms with Crippen LogP contribution in [0.4, 0.5) is 0 Å². The summed E-state index contributed by atoms with van der Waals surface area (Å²) in [5.41, 5.74) is 6.53. The minimum Gasteiger partial charge on any atom is -0.456 e. The van der Waals surface area contributed by atoms with Crippen molar-refractivity contribution in [1.29, 1.82) is 0 Å². The minimum atomic E-state index is 0.907. The molecule has 1 nitrogen and oxygen atoms in total. The minimum absolute atomic E-state index is 0.907. The van der Waals surface area contributed by atoms with Gasteiger partial charge < -0.3 is 4.42 Å². The number of benzene rings is 4. The van der Waals surface area contributed by atoms with Crippen molar-refractivity contribution in [3.05, 3.63) is 113 Å². The predicted octanol–water partition coefficient (Wildman–Crippen LogP) is 8.48. The van der Waals surface area contributed by atoms with Crippen molar-refractivity contribution < 1.29 is 4.42 Å². The topological polar surface area (TPSA) is 13.1 Å². The molecule has 30 heavy (non-hydrogen) atoms. The zero-order valence-corrected chi connectivity index (χ0v) is 17.6. The lowest BCUT2D eigenvalue weighted by Crippen LogP contribution is -1.85. The molecule has 6 rings (SSSR count). The summed E-state index contributed by atoms with van der Waals surface area (Å²) in [4.78, 5) is 0. The van der Waals surface area contributed by atoms with E-state index in [1.807, 2.05) is 12.2 Å². The summed E-state index contributed by atoms with van der Waals surface area (Å²) in [5, 5.41) is 4.74. The maximum absolute atomic E-state index is 6.30. The zero-order valence-electron chi connectivity index (χ0n) is 16.0. The third-order valence-corrected chi connectivity index (χ3v) is 6.40. The number of rotatable bonds is 2. The highest BCUT2D eigenvalue weighted by molar-refractivity contribution is 9.10. The summed E-state index contributed by atoms with van der Waals surface area (Å²) in [6.07, 6.45) is 11.1. The largest absolute Gasteiger partial charge is 0.456 e. The molecule has 0 unspecified atom stereocenters. The fourth-order valence-corrected chi connectivity index (χ4v) is 4.78. The molecule has 0 bridgehead atoms. The first-order valence-electron chi connectivity index (χ1n) is 9.89. The highest BCUT2D eigenvalue weighted by Gasteiger charge is 2.16. The summed E-state index contributed by atoms with van der Waals surface area (Å²) in [6.45, 7) is 0. The van der Waals surface area contributed by atoms with Crippen LogP contribution in [0, 0.1) is 6.08 Å². The van der Waals surface area contributed by atoms with E-state index in [1.54, 1.807) is 0 Å². The molecule has 1 aromatic heterocycles. The van der Waals surface area contributed by atoms with Gasteiger partial charge in [0.15, 0.2) is 0 Å². The van der Waals surface area contributed by atoms with Crippen molar-refractivity contribution in [2.24, 2.45) is 0 Å². The van der Waals surface area contributed by atoms with Gasteiger partial charge >= 0.3 is 0 Å². The van der Waals surface area contributed by atoms with E-state index in [0.29, 0.717) is 0 Å². The molecule has 140 valence electrons. The molecule has 0 fully saturated rings. The average molecular weight is 448 g/mol. The van der Waals surface area contributed by atoms with Crippen LogP contribution < -0.4 is 0 Å². The Morgan fingerprint density at radius 3 is 2.50 bits per heavy atom. The fourth-order valence-electron chi connectivity index (χ4n) is 4.31. The lowest BCUT2D eigenvalue weighted by Gasteiger charge is -2.10. The fraction of sp³-hybridized carbons (Fsp3) is 0. The number of furan rings is 1. The van der Waals surface area contributed by atoms with Crippen LogP contribution in [0.25, 0.3) is 49.4 Å². The van der Waals surface area contributed by atoms with Crippen LogP contribution in [0.2, 0.25) is 0 Å². The van der Waals surface area contributed by atoms with E-state index in [2.05, 4.69) is 107 Å². The summed E-state index contributed by atoms with van der Waals surface area (Å²) in [7, 11) is 0. The quantitative estimate of drug-likeness (QED) is 0.247. The van der Waals surface area contributed by atoms with Gasteiger partial charge in [0.1, 0.15) is 23.3 Å². The number of allylic oxidation sites excluding steroid dienone is 6. The van der Waals surface area contributed by atoms with Gasteiger partial charge in [0.05, 0.1) is 17.7 Å². The van der Waals surface area contributed by atoms with Crippen LogP contribution in [-0.4, -0.2) is 0 Å². The molecule has 0 N–H and O–H groups in total. The van der Waals surface area contributed by atoms with Gasteiger partial charge in [0.25, 0.3) is 0 Å². The van der Waals surface area contributed by atoms with Crippen molar-refractivity contribution in [2.75, 3.05) is 0 Å². The Hall–Kier alpha value is -3.45. The molecule has 5 aromatic rings.